The fourth-order valence-corrected chi connectivity index (χ4v) is 5.47. The van der Waals surface area contributed by atoms with Crippen molar-refractivity contribution in [2.24, 2.45) is 22.9 Å². The van der Waals surface area contributed by atoms with Gasteiger partial charge in [0.25, 0.3) is 0 Å². The number of carbonyl (C=O) groups is 1. The zero-order valence-corrected chi connectivity index (χ0v) is 25.6. The molecule has 13 heteroatoms. The van der Waals surface area contributed by atoms with Crippen LogP contribution < -0.4 is 21.8 Å². The smallest absolute Gasteiger partial charge is 0.416 e. The average Bonchev–Trinajstić information content (AvgIpc) is 3.85. The average molecular weight is 618 g/mol. The number of nitrogens with zero attached hydrogens (tertiary/aromatic N) is 6. The van der Waals surface area contributed by atoms with Gasteiger partial charge in [0.05, 0.1) is 39.3 Å². The molecule has 228 valence electrons. The Bertz CT molecular complexity index is 1750. The monoisotopic (exact) mass is 617 g/mol. The zero-order chi connectivity index (χ0) is 32.0. The number of benzene rings is 1. The van der Waals surface area contributed by atoms with Crippen molar-refractivity contribution in [3.05, 3.63) is 70.7 Å². The minimum absolute atomic E-state index is 0.137. The molecule has 2 heterocycles. The van der Waals surface area contributed by atoms with E-state index in [-0.39, 0.29) is 39.2 Å². The Kier molecular flexibility index (Phi) is 8.02. The molecule has 1 atom stereocenters. The number of anilines is 2. The predicted octanol–water partition coefficient (Wildman–Crippen LogP) is 5.30. The van der Waals surface area contributed by atoms with Crippen LogP contribution in [0.5, 0.6) is 0 Å². The minimum atomic E-state index is -1.10. The fourth-order valence-electron chi connectivity index (χ4n) is 5.37. The number of halogens is 2. The quantitative estimate of drug-likeness (QED) is 0.124. The van der Waals surface area contributed by atoms with E-state index in [1.165, 1.54) is 29.3 Å². The third kappa shape index (κ3) is 5.79. The SMILES string of the molecule is Cc1nc(F)ccc1[C@@H](/C(N)=C/N(N)C12CC1C2)N(C(=O)OCCl)c1cc(C#N)c2ncc(C#N)c(NCC(C)(C)C)c2c1. The maximum atomic E-state index is 14.2. The second kappa shape index (κ2) is 11.5. The molecule has 0 unspecified atom stereocenters. The van der Waals surface area contributed by atoms with Gasteiger partial charge in [-0.2, -0.15) is 14.9 Å². The molecule has 2 aliphatic carbocycles. The van der Waals surface area contributed by atoms with Crippen molar-refractivity contribution in [2.75, 3.05) is 22.8 Å². The Morgan fingerprint density at radius 2 is 1.98 bits per heavy atom. The molecule has 2 aliphatic rings. The maximum Gasteiger partial charge on any atom is 0.416 e. The predicted molar refractivity (Wildman–Crippen MR) is 164 cm³/mol. The molecule has 11 nitrogen and oxygen atoms in total. The van der Waals surface area contributed by atoms with Gasteiger partial charge in [0.15, 0.2) is 6.07 Å². The van der Waals surface area contributed by atoms with E-state index < -0.39 is 24.1 Å². The second-order valence-corrected chi connectivity index (χ2v) is 12.6. The van der Waals surface area contributed by atoms with E-state index in [0.29, 0.717) is 34.6 Å². The summed E-state index contributed by atoms with van der Waals surface area (Å²) >= 11 is 5.86. The van der Waals surface area contributed by atoms with Gasteiger partial charge in [-0.15, -0.1) is 0 Å². The van der Waals surface area contributed by atoms with Crippen LogP contribution in [-0.2, 0) is 4.74 Å². The number of pyridine rings is 2. The molecule has 1 aromatic carbocycles. The van der Waals surface area contributed by atoms with E-state index in [4.69, 9.17) is 27.9 Å². The molecule has 44 heavy (non-hydrogen) atoms. The van der Waals surface area contributed by atoms with E-state index in [1.807, 2.05) is 20.8 Å². The Balaban J connectivity index is 1.75. The lowest BCUT2D eigenvalue weighted by molar-refractivity contribution is 0.170. The van der Waals surface area contributed by atoms with Crippen LogP contribution in [-0.4, -0.2) is 39.2 Å². The first-order valence-electron chi connectivity index (χ1n) is 14.0. The molecule has 0 aliphatic heterocycles. The number of alkyl halides is 1. The number of hydrogen-bond acceptors (Lipinski definition) is 10. The van der Waals surface area contributed by atoms with E-state index >= 15 is 0 Å². The number of nitrogens with two attached hydrogens (primary N) is 2. The van der Waals surface area contributed by atoms with Crippen LogP contribution in [0.4, 0.5) is 20.6 Å². The first-order chi connectivity index (χ1) is 20.8. The Morgan fingerprint density at radius 1 is 1.30 bits per heavy atom. The van der Waals surface area contributed by atoms with Gasteiger partial charge in [-0.05, 0) is 49.3 Å². The van der Waals surface area contributed by atoms with Gasteiger partial charge in [-0.3, -0.25) is 9.88 Å². The van der Waals surface area contributed by atoms with Crippen LogP contribution in [0.1, 0.15) is 62.0 Å². The van der Waals surface area contributed by atoms with Gasteiger partial charge in [0.1, 0.15) is 18.2 Å². The third-order valence-electron chi connectivity index (χ3n) is 8.05. The summed E-state index contributed by atoms with van der Waals surface area (Å²) in [5.41, 5.74) is 8.63. The number of rotatable bonds is 9. The summed E-state index contributed by atoms with van der Waals surface area (Å²) < 4.78 is 19.4. The molecule has 3 aromatic rings. The molecule has 0 radical (unpaired) electrons. The molecular formula is C31H33ClFN9O2. The van der Waals surface area contributed by atoms with E-state index in [2.05, 4.69) is 27.4 Å². The number of aromatic nitrogens is 2. The van der Waals surface area contributed by atoms with Gasteiger partial charge in [0, 0.05) is 35.6 Å². The molecule has 0 bridgehead atoms. The highest BCUT2D eigenvalue weighted by molar-refractivity contribution is 6.17. The minimum Gasteiger partial charge on any atom is -0.433 e. The number of hydrazine groups is 1. The van der Waals surface area contributed by atoms with Gasteiger partial charge in [0.2, 0.25) is 5.95 Å². The molecule has 2 aromatic heterocycles. The summed E-state index contributed by atoms with van der Waals surface area (Å²) in [7, 11) is 0. The van der Waals surface area contributed by atoms with E-state index in [1.54, 1.807) is 24.2 Å². The largest absolute Gasteiger partial charge is 0.433 e. The number of nitrogens with one attached hydrogen (secondary N) is 1. The summed E-state index contributed by atoms with van der Waals surface area (Å²) in [6.07, 6.45) is 3.98. The lowest BCUT2D eigenvalue weighted by Crippen LogP contribution is -2.41. The van der Waals surface area contributed by atoms with Crippen LogP contribution in [0.3, 0.4) is 0 Å². The van der Waals surface area contributed by atoms with Crippen molar-refractivity contribution in [1.29, 1.82) is 10.5 Å². The second-order valence-electron chi connectivity index (χ2n) is 12.4. The van der Waals surface area contributed by atoms with Gasteiger partial charge >= 0.3 is 6.09 Å². The van der Waals surface area contributed by atoms with Crippen molar-refractivity contribution in [1.82, 2.24) is 15.0 Å². The summed E-state index contributed by atoms with van der Waals surface area (Å²) in [4.78, 5) is 23.4. The van der Waals surface area contributed by atoms with Crippen molar-refractivity contribution in [3.8, 4) is 12.1 Å². The van der Waals surface area contributed by atoms with Gasteiger partial charge < -0.3 is 20.8 Å². The highest BCUT2D eigenvalue weighted by Gasteiger charge is 2.72. The maximum absolute atomic E-state index is 14.2. The molecule has 2 fully saturated rings. The Hall–Kier alpha value is -4.65. The molecule has 5 N–H and O–H groups in total. The lowest BCUT2D eigenvalue weighted by Gasteiger charge is -2.33. The molecule has 1 amide bonds. The standard InChI is InChI=1S/C31H33ClFN9O2/c1-17-22(5-6-25(33)40-17)28(24(36)14-41(37)31-9-20(31)10-31)42(29(43)44-16-32)21-7-18(11-34)26-23(8-21)27(19(12-35)13-38-26)39-15-30(2,3)4/h5-8,13-14,20,28H,9-10,15-16,36-37H2,1-4H3,(H,38,39)/b24-14-/t20?,28-,31?/m0/s1. The number of carbonyl (C=O) groups excluding carboxylic acids is 1. The summed E-state index contributed by atoms with van der Waals surface area (Å²) in [5.74, 6) is 6.20. The van der Waals surface area contributed by atoms with Gasteiger partial charge in [-0.25, -0.2) is 15.6 Å². The fraction of sp³-hybridized carbons (Fsp3) is 0.387. The first-order valence-corrected chi connectivity index (χ1v) is 14.5. The molecule has 2 saturated carbocycles. The van der Waals surface area contributed by atoms with Crippen LogP contribution in [0.15, 0.2) is 42.4 Å². The molecule has 5 rings (SSSR count). The van der Waals surface area contributed by atoms with Crippen molar-refractivity contribution < 1.29 is 13.9 Å². The van der Waals surface area contributed by atoms with Crippen LogP contribution in [0.2, 0.25) is 0 Å². The highest BCUT2D eigenvalue weighted by atomic mass is 35.5. The van der Waals surface area contributed by atoms with Crippen LogP contribution in [0.25, 0.3) is 10.9 Å². The lowest BCUT2D eigenvalue weighted by atomic mass is 9.96. The van der Waals surface area contributed by atoms with Crippen molar-refractivity contribution in [2.45, 2.75) is 52.1 Å². The molecular weight excluding hydrogens is 585 g/mol. The molecule has 0 spiro atoms. The van der Waals surface area contributed by atoms with Crippen LogP contribution >= 0.6 is 11.6 Å². The number of hydrogen-bond donors (Lipinski definition) is 3. The van der Waals surface area contributed by atoms with Crippen molar-refractivity contribution in [3.63, 3.8) is 0 Å². The molecule has 0 saturated heterocycles. The van der Waals surface area contributed by atoms with Crippen LogP contribution in [0, 0.1) is 46.9 Å². The number of ether oxygens (including phenoxy) is 1. The normalized spacial score (nSPS) is 19.3. The first kappa shape index (κ1) is 30.8. The number of amides is 1. The topological polar surface area (TPSA) is 170 Å². The summed E-state index contributed by atoms with van der Waals surface area (Å²) in [5, 5.41) is 25.4. The Labute approximate surface area is 259 Å². The van der Waals surface area contributed by atoms with Gasteiger partial charge in [-0.1, -0.05) is 38.4 Å². The highest BCUT2D eigenvalue weighted by Crippen LogP contribution is 2.69. The van der Waals surface area contributed by atoms with Crippen molar-refractivity contribution >= 4 is 40.0 Å². The third-order valence-corrected chi connectivity index (χ3v) is 8.16. The number of nitriles is 2. The van der Waals surface area contributed by atoms with E-state index in [0.717, 1.165) is 12.8 Å². The number of fused-ring (bicyclic) bond motifs is 2. The van der Waals surface area contributed by atoms with E-state index in [9.17, 15) is 19.7 Å². The summed E-state index contributed by atoms with van der Waals surface area (Å²) in [6, 6.07) is 8.50. The zero-order valence-electron chi connectivity index (χ0n) is 24.9. The number of aryl methyl sites for hydroxylation is 1. The Morgan fingerprint density at radius 3 is 2.55 bits per heavy atom. The summed E-state index contributed by atoms with van der Waals surface area (Å²) in [6.45, 7) is 8.21.